The third-order valence-electron chi connectivity index (χ3n) is 5.84. The summed E-state index contributed by atoms with van der Waals surface area (Å²) < 4.78 is 92.2. The van der Waals surface area contributed by atoms with Crippen LogP contribution < -0.4 is 0 Å². The van der Waals surface area contributed by atoms with E-state index in [-0.39, 0.29) is 28.1 Å². The van der Waals surface area contributed by atoms with E-state index in [1.807, 2.05) is 0 Å². The van der Waals surface area contributed by atoms with E-state index in [1.165, 1.54) is 0 Å². The number of carbonyl (C=O) groups is 1. The van der Waals surface area contributed by atoms with Crippen LogP contribution in [0.15, 0.2) is 47.0 Å². The minimum atomic E-state index is -5.05. The van der Waals surface area contributed by atoms with Crippen molar-refractivity contribution < 1.29 is 40.4 Å². The Hall–Kier alpha value is -3.42. The van der Waals surface area contributed by atoms with Crippen LogP contribution in [0.5, 0.6) is 0 Å². The average Bonchev–Trinajstić information content (AvgIpc) is 3.46. The normalized spacial score (nSPS) is 13.4. The molecule has 2 aromatic heterocycles. The first-order valence-corrected chi connectivity index (χ1v) is 13.0. The second-order valence-corrected chi connectivity index (χ2v) is 11.0. The number of ether oxygens (including phenoxy) is 1. The number of benzene rings is 2. The molecule has 7 nitrogen and oxygen atoms in total. The van der Waals surface area contributed by atoms with Gasteiger partial charge < -0.3 is 9.26 Å². The van der Waals surface area contributed by atoms with Crippen LogP contribution in [0.25, 0.3) is 11.3 Å². The zero-order valence-electron chi connectivity index (χ0n) is 22.4. The number of ketones is 1. The van der Waals surface area contributed by atoms with Gasteiger partial charge in [0.1, 0.15) is 11.8 Å². The molecule has 0 aliphatic heterocycles. The smallest absolute Gasteiger partial charge is 0.365 e. The molecule has 0 bridgehead atoms. The van der Waals surface area contributed by atoms with Gasteiger partial charge in [0.15, 0.2) is 16.6 Å². The van der Waals surface area contributed by atoms with Gasteiger partial charge in [-0.3, -0.25) is 4.79 Å². The summed E-state index contributed by atoms with van der Waals surface area (Å²) in [5.41, 5.74) is -4.25. The Balaban J connectivity index is 1.78. The van der Waals surface area contributed by atoms with Crippen LogP contribution in [-0.2, 0) is 23.6 Å². The molecule has 4 aromatic rings. The number of hydrogen-bond acceptors (Lipinski definition) is 6. The molecule has 4 rings (SSSR count). The monoisotopic (exact) mass is 634 g/mol. The molecule has 0 saturated heterocycles. The molecular formula is C27H22Cl2F6N4O3. The van der Waals surface area contributed by atoms with Crippen LogP contribution in [0, 0.1) is 0 Å². The summed E-state index contributed by atoms with van der Waals surface area (Å²) in [6.45, 7) is 6.34. The molecule has 0 spiro atoms. The number of alkyl halides is 6. The van der Waals surface area contributed by atoms with E-state index >= 15 is 0 Å². The van der Waals surface area contributed by atoms with Crippen molar-refractivity contribution in [2.45, 2.75) is 58.3 Å². The Morgan fingerprint density at radius 2 is 1.60 bits per heavy atom. The van der Waals surface area contributed by atoms with Crippen LogP contribution in [0.3, 0.4) is 0 Å². The molecule has 1 unspecified atom stereocenters. The van der Waals surface area contributed by atoms with Crippen LogP contribution in [0.4, 0.5) is 26.3 Å². The molecular weight excluding hydrogens is 613 g/mol. The summed E-state index contributed by atoms with van der Waals surface area (Å²) >= 11 is 12.7. The minimum absolute atomic E-state index is 0.00585. The second kappa shape index (κ2) is 11.3. The lowest BCUT2D eigenvalue weighted by atomic mass is 9.99. The van der Waals surface area contributed by atoms with Gasteiger partial charge in [0.2, 0.25) is 5.78 Å². The summed E-state index contributed by atoms with van der Waals surface area (Å²) in [7, 11) is 0. The van der Waals surface area contributed by atoms with Gasteiger partial charge in [0.25, 0.3) is 0 Å². The van der Waals surface area contributed by atoms with Gasteiger partial charge in [-0.1, -0.05) is 51.8 Å². The zero-order chi connectivity index (χ0) is 31.2. The van der Waals surface area contributed by atoms with Gasteiger partial charge in [-0.25, -0.2) is 4.68 Å². The van der Waals surface area contributed by atoms with Crippen LogP contribution >= 0.6 is 23.2 Å². The summed E-state index contributed by atoms with van der Waals surface area (Å²) in [4.78, 5) is 13.9. The Kier molecular flexibility index (Phi) is 8.51. The van der Waals surface area contributed by atoms with Crippen molar-refractivity contribution in [3.05, 3.63) is 86.3 Å². The quantitative estimate of drug-likeness (QED) is 0.150. The second-order valence-electron chi connectivity index (χ2n) is 10.3. The number of hydrogen-bond donors (Lipinski definition) is 0. The molecule has 0 aliphatic rings. The largest absolute Gasteiger partial charge is 0.416 e. The third kappa shape index (κ3) is 6.79. The molecule has 42 heavy (non-hydrogen) atoms. The summed E-state index contributed by atoms with van der Waals surface area (Å²) in [5, 5.41) is 11.4. The first-order chi connectivity index (χ1) is 19.4. The van der Waals surface area contributed by atoms with Gasteiger partial charge in [-0.05, 0) is 57.5 Å². The molecule has 224 valence electrons. The van der Waals surface area contributed by atoms with Gasteiger partial charge >= 0.3 is 12.4 Å². The molecule has 0 aliphatic carbocycles. The predicted molar refractivity (Wildman–Crippen MR) is 140 cm³/mol. The van der Waals surface area contributed by atoms with Crippen molar-refractivity contribution in [2.24, 2.45) is 0 Å². The van der Waals surface area contributed by atoms with Gasteiger partial charge in [-0.2, -0.15) is 26.3 Å². The van der Waals surface area contributed by atoms with E-state index < -0.39 is 63.9 Å². The maximum Gasteiger partial charge on any atom is 0.416 e. The minimum Gasteiger partial charge on any atom is -0.365 e. The van der Waals surface area contributed by atoms with Gasteiger partial charge in [0, 0.05) is 5.56 Å². The van der Waals surface area contributed by atoms with E-state index in [2.05, 4.69) is 15.5 Å². The highest BCUT2D eigenvalue weighted by Crippen LogP contribution is 2.39. The Morgan fingerprint density at radius 1 is 1.00 bits per heavy atom. The van der Waals surface area contributed by atoms with Crippen LogP contribution in [0.2, 0.25) is 10.2 Å². The Morgan fingerprint density at radius 3 is 2.14 bits per heavy atom. The molecule has 1 atom stereocenters. The average molecular weight is 635 g/mol. The lowest BCUT2D eigenvalue weighted by Crippen LogP contribution is -2.22. The molecule has 2 aromatic carbocycles. The maximum atomic E-state index is 13.9. The molecule has 0 fully saturated rings. The van der Waals surface area contributed by atoms with Crippen LogP contribution in [0.1, 0.15) is 72.3 Å². The first-order valence-electron chi connectivity index (χ1n) is 12.2. The number of carbonyl (C=O) groups excluding carboxylic acids is 1. The van der Waals surface area contributed by atoms with Crippen molar-refractivity contribution in [2.75, 3.05) is 0 Å². The van der Waals surface area contributed by atoms with Crippen molar-refractivity contribution >= 4 is 29.0 Å². The molecule has 0 N–H and O–H groups in total. The van der Waals surface area contributed by atoms with E-state index in [0.29, 0.717) is 17.7 Å². The summed E-state index contributed by atoms with van der Waals surface area (Å²) in [6, 6.07) is 7.57. The number of aromatic nitrogens is 4. The summed E-state index contributed by atoms with van der Waals surface area (Å²) in [6.07, 6.45) is -10.9. The third-order valence-corrected chi connectivity index (χ3v) is 6.55. The van der Waals surface area contributed by atoms with Crippen LogP contribution in [-0.4, -0.2) is 31.5 Å². The highest BCUT2D eigenvalue weighted by atomic mass is 35.5. The van der Waals surface area contributed by atoms with Crippen molar-refractivity contribution in [1.29, 1.82) is 0 Å². The first kappa shape index (κ1) is 31.5. The molecule has 0 radical (unpaired) electrons. The predicted octanol–water partition coefficient (Wildman–Crippen LogP) is 8.43. The molecule has 0 amide bonds. The summed E-state index contributed by atoms with van der Waals surface area (Å²) in [5.74, 6) is -0.815. The highest BCUT2D eigenvalue weighted by molar-refractivity contribution is 6.35. The lowest BCUT2D eigenvalue weighted by molar-refractivity contribution is -0.143. The van der Waals surface area contributed by atoms with Gasteiger partial charge in [-0.15, -0.1) is 5.10 Å². The SMILES string of the molecule is CC(OC(C)(C)C)c1onc(-c2ccccc2Cl)c1C(=O)c1nnn(Cc2cc(C(F)(F)F)cc(C(F)(F)F)c2)c1Cl. The van der Waals surface area contributed by atoms with Crippen molar-refractivity contribution in [3.63, 3.8) is 0 Å². The zero-order valence-corrected chi connectivity index (χ0v) is 23.9. The van der Waals surface area contributed by atoms with E-state index in [4.69, 9.17) is 32.5 Å². The Bertz CT molecular complexity index is 1590. The fraction of sp³-hybridized carbons (Fsp3) is 0.333. The standard InChI is InChI=1S/C27H22Cl2F6N4O3/c1-13(41-25(2,3)4)23-19(20(37-42-23)17-7-5-6-8-18(17)28)22(40)21-24(29)39(38-36-21)12-14-9-15(26(30,31)32)11-16(10-14)27(33,34)35/h5-11,13H,12H2,1-4H3. The number of nitrogens with zero attached hydrogens (tertiary/aromatic N) is 4. The highest BCUT2D eigenvalue weighted by Gasteiger charge is 2.38. The van der Waals surface area contributed by atoms with Gasteiger partial charge in [0.05, 0.1) is 33.9 Å². The van der Waals surface area contributed by atoms with E-state index in [9.17, 15) is 31.1 Å². The maximum absolute atomic E-state index is 13.9. The van der Waals surface area contributed by atoms with E-state index in [0.717, 1.165) is 4.68 Å². The molecule has 0 saturated carbocycles. The lowest BCUT2D eigenvalue weighted by Gasteiger charge is -2.23. The Labute approximate surface area is 245 Å². The number of halogens is 8. The number of rotatable bonds is 7. The van der Waals surface area contributed by atoms with Crippen molar-refractivity contribution in [3.8, 4) is 11.3 Å². The topological polar surface area (TPSA) is 83.0 Å². The molecule has 15 heteroatoms. The van der Waals surface area contributed by atoms with E-state index in [1.54, 1.807) is 52.0 Å². The molecule has 2 heterocycles. The van der Waals surface area contributed by atoms with Crippen molar-refractivity contribution in [1.82, 2.24) is 20.2 Å². The fourth-order valence-electron chi connectivity index (χ4n) is 4.16. The fourth-order valence-corrected chi connectivity index (χ4v) is 4.61.